The summed E-state index contributed by atoms with van der Waals surface area (Å²) in [7, 11) is -3.54. The minimum Gasteiger partial charge on any atom is -0.366 e. The first-order valence-corrected chi connectivity index (χ1v) is 10.8. The molecule has 2 aromatic carbocycles. The number of nitrogens with one attached hydrogen (secondary N) is 1. The summed E-state index contributed by atoms with van der Waals surface area (Å²) in [6, 6.07) is 15.0. The average Bonchev–Trinajstić information content (AvgIpc) is 2.74. The molecule has 0 spiro atoms. The maximum absolute atomic E-state index is 12.6. The van der Waals surface area contributed by atoms with E-state index in [2.05, 4.69) is 5.32 Å². The molecular formula is C20H24N4O4S. The molecule has 0 aliphatic carbocycles. The molecule has 0 aromatic heterocycles. The maximum Gasteiger partial charge on any atom is 0.317 e. The third-order valence-electron chi connectivity index (χ3n) is 4.81. The average molecular weight is 417 g/mol. The van der Waals surface area contributed by atoms with Crippen molar-refractivity contribution in [2.75, 3.05) is 32.7 Å². The van der Waals surface area contributed by atoms with Crippen LogP contribution in [0.2, 0.25) is 0 Å². The fourth-order valence-electron chi connectivity index (χ4n) is 3.18. The molecule has 3 N–H and O–H groups in total. The van der Waals surface area contributed by atoms with Gasteiger partial charge in [0.05, 0.1) is 4.90 Å². The van der Waals surface area contributed by atoms with E-state index >= 15 is 0 Å². The number of amides is 3. The first-order valence-electron chi connectivity index (χ1n) is 9.34. The number of carbonyl (C=O) groups is 2. The number of hydrogen-bond donors (Lipinski definition) is 2. The Morgan fingerprint density at radius 1 is 0.966 bits per heavy atom. The van der Waals surface area contributed by atoms with Crippen molar-refractivity contribution in [2.24, 2.45) is 5.73 Å². The van der Waals surface area contributed by atoms with E-state index in [9.17, 15) is 18.0 Å². The van der Waals surface area contributed by atoms with Gasteiger partial charge in [-0.05, 0) is 36.2 Å². The Morgan fingerprint density at radius 3 is 2.31 bits per heavy atom. The van der Waals surface area contributed by atoms with Gasteiger partial charge in [-0.1, -0.05) is 30.3 Å². The molecule has 29 heavy (non-hydrogen) atoms. The van der Waals surface area contributed by atoms with E-state index in [1.54, 1.807) is 53.4 Å². The van der Waals surface area contributed by atoms with Gasteiger partial charge >= 0.3 is 6.03 Å². The lowest BCUT2D eigenvalue weighted by Gasteiger charge is -2.34. The SMILES string of the molecule is NC(=O)c1cccc(CCNC(=O)N2CCN(S(=O)(=O)c3ccccc3)CC2)c1. The monoisotopic (exact) mass is 416 g/mol. The summed E-state index contributed by atoms with van der Waals surface area (Å²) < 4.78 is 26.7. The number of nitrogens with two attached hydrogens (primary N) is 1. The number of hydrogen-bond acceptors (Lipinski definition) is 4. The number of sulfonamides is 1. The van der Waals surface area contributed by atoms with Crippen LogP contribution in [0, 0.1) is 0 Å². The molecule has 1 saturated heterocycles. The van der Waals surface area contributed by atoms with E-state index in [1.165, 1.54) is 4.31 Å². The van der Waals surface area contributed by atoms with E-state index in [4.69, 9.17) is 5.73 Å². The molecule has 8 nitrogen and oxygen atoms in total. The lowest BCUT2D eigenvalue weighted by atomic mass is 10.1. The molecule has 3 rings (SSSR count). The number of nitrogens with zero attached hydrogens (tertiary/aromatic N) is 2. The third kappa shape index (κ3) is 5.12. The lowest BCUT2D eigenvalue weighted by Crippen LogP contribution is -2.53. The molecule has 9 heteroatoms. The number of primary amides is 1. The molecule has 3 amide bonds. The second-order valence-electron chi connectivity index (χ2n) is 6.75. The Bertz CT molecular complexity index is 971. The molecular weight excluding hydrogens is 392 g/mol. The van der Waals surface area contributed by atoms with Crippen LogP contribution in [0.25, 0.3) is 0 Å². The molecule has 0 unspecified atom stereocenters. The lowest BCUT2D eigenvalue weighted by molar-refractivity contribution is 0.1000. The normalized spacial score (nSPS) is 15.1. The minimum atomic E-state index is -3.54. The number of urea groups is 1. The van der Waals surface area contributed by atoms with Gasteiger partial charge in [-0.3, -0.25) is 4.79 Å². The standard InChI is InChI=1S/C20H24N4O4S/c21-19(25)17-6-4-5-16(15-17)9-10-22-20(26)23-11-13-24(14-12-23)29(27,28)18-7-2-1-3-8-18/h1-8,15H,9-14H2,(H2,21,25)(H,22,26). The molecule has 0 radical (unpaired) electrons. The van der Waals surface area contributed by atoms with Gasteiger partial charge in [-0.25, -0.2) is 13.2 Å². The summed E-state index contributed by atoms with van der Waals surface area (Å²) >= 11 is 0. The highest BCUT2D eigenvalue weighted by atomic mass is 32.2. The smallest absolute Gasteiger partial charge is 0.317 e. The number of rotatable bonds is 6. The first kappa shape index (κ1) is 20.8. The summed E-state index contributed by atoms with van der Waals surface area (Å²) in [4.78, 5) is 25.5. The highest BCUT2D eigenvalue weighted by Gasteiger charge is 2.29. The molecule has 154 valence electrons. The third-order valence-corrected chi connectivity index (χ3v) is 6.72. The van der Waals surface area contributed by atoms with Gasteiger partial charge < -0.3 is 16.0 Å². The van der Waals surface area contributed by atoms with Crippen molar-refractivity contribution in [3.63, 3.8) is 0 Å². The van der Waals surface area contributed by atoms with E-state index in [1.807, 2.05) is 6.07 Å². The zero-order valence-electron chi connectivity index (χ0n) is 16.0. The van der Waals surface area contributed by atoms with Gasteiger partial charge in [0.1, 0.15) is 0 Å². The van der Waals surface area contributed by atoms with Crippen molar-refractivity contribution < 1.29 is 18.0 Å². The van der Waals surface area contributed by atoms with Crippen LogP contribution in [-0.4, -0.2) is 62.3 Å². The van der Waals surface area contributed by atoms with Gasteiger partial charge in [0.25, 0.3) is 0 Å². The van der Waals surface area contributed by atoms with Crippen LogP contribution in [0.15, 0.2) is 59.5 Å². The van der Waals surface area contributed by atoms with E-state index in [0.29, 0.717) is 31.6 Å². The van der Waals surface area contributed by atoms with E-state index in [0.717, 1.165) is 5.56 Å². The van der Waals surface area contributed by atoms with Crippen LogP contribution in [0.4, 0.5) is 4.79 Å². The van der Waals surface area contributed by atoms with Crippen LogP contribution >= 0.6 is 0 Å². The summed E-state index contributed by atoms with van der Waals surface area (Å²) in [6.07, 6.45) is 0.565. The van der Waals surface area contributed by atoms with E-state index < -0.39 is 15.9 Å². The van der Waals surface area contributed by atoms with Crippen molar-refractivity contribution >= 4 is 22.0 Å². The molecule has 0 bridgehead atoms. The fourth-order valence-corrected chi connectivity index (χ4v) is 4.62. The van der Waals surface area contributed by atoms with Crippen LogP contribution in [0.5, 0.6) is 0 Å². The Hall–Kier alpha value is -2.91. The number of carbonyl (C=O) groups excluding carboxylic acids is 2. The zero-order chi connectivity index (χ0) is 20.9. The van der Waals surface area contributed by atoms with Crippen molar-refractivity contribution in [2.45, 2.75) is 11.3 Å². The molecule has 1 aliphatic rings. The largest absolute Gasteiger partial charge is 0.366 e. The highest BCUT2D eigenvalue weighted by Crippen LogP contribution is 2.17. The van der Waals surface area contributed by atoms with Crippen LogP contribution < -0.4 is 11.1 Å². The van der Waals surface area contributed by atoms with Crippen molar-refractivity contribution in [1.29, 1.82) is 0 Å². The highest BCUT2D eigenvalue weighted by molar-refractivity contribution is 7.89. The molecule has 1 heterocycles. The molecule has 1 fully saturated rings. The second-order valence-corrected chi connectivity index (χ2v) is 8.69. The van der Waals surface area contributed by atoms with Gasteiger partial charge in [0, 0.05) is 38.3 Å². The Morgan fingerprint density at radius 2 is 1.66 bits per heavy atom. The van der Waals surface area contributed by atoms with Crippen LogP contribution in [0.3, 0.4) is 0 Å². The van der Waals surface area contributed by atoms with Gasteiger partial charge in [-0.2, -0.15) is 4.31 Å². The maximum atomic E-state index is 12.6. The summed E-state index contributed by atoms with van der Waals surface area (Å²) in [6.45, 7) is 1.57. The number of benzene rings is 2. The first-order chi connectivity index (χ1) is 13.9. The van der Waals surface area contributed by atoms with Crippen molar-refractivity contribution in [3.05, 3.63) is 65.7 Å². The van der Waals surface area contributed by atoms with Crippen LogP contribution in [-0.2, 0) is 16.4 Å². The number of piperazine rings is 1. The summed E-state index contributed by atoms with van der Waals surface area (Å²) in [5, 5.41) is 2.84. The van der Waals surface area contributed by atoms with Crippen molar-refractivity contribution in [3.8, 4) is 0 Å². The van der Waals surface area contributed by atoms with Gasteiger partial charge in [-0.15, -0.1) is 0 Å². The zero-order valence-corrected chi connectivity index (χ0v) is 16.8. The summed E-state index contributed by atoms with van der Waals surface area (Å²) in [5.41, 5.74) is 6.61. The van der Waals surface area contributed by atoms with Crippen LogP contribution in [0.1, 0.15) is 15.9 Å². The molecule has 0 saturated carbocycles. The summed E-state index contributed by atoms with van der Waals surface area (Å²) in [5.74, 6) is -0.487. The Labute approximate surface area is 170 Å². The molecule has 2 aromatic rings. The quantitative estimate of drug-likeness (QED) is 0.733. The second kappa shape index (κ2) is 9.06. The van der Waals surface area contributed by atoms with Gasteiger partial charge in [0.2, 0.25) is 15.9 Å². The topological polar surface area (TPSA) is 113 Å². The molecule has 0 atom stereocenters. The van der Waals surface area contributed by atoms with Crippen molar-refractivity contribution in [1.82, 2.24) is 14.5 Å². The minimum absolute atomic E-state index is 0.229. The Balaban J connectivity index is 1.48. The fraction of sp³-hybridized carbons (Fsp3) is 0.300. The Kier molecular flexibility index (Phi) is 6.50. The predicted molar refractivity (Wildman–Crippen MR) is 109 cm³/mol. The van der Waals surface area contributed by atoms with E-state index in [-0.39, 0.29) is 24.0 Å². The molecule has 1 aliphatic heterocycles. The predicted octanol–water partition coefficient (Wildman–Crippen LogP) is 1.04. The van der Waals surface area contributed by atoms with Gasteiger partial charge in [0.15, 0.2) is 0 Å².